The topological polar surface area (TPSA) is 58.6 Å². The Morgan fingerprint density at radius 2 is 1.68 bits per heavy atom. The van der Waals surface area contributed by atoms with Crippen LogP contribution in [0.2, 0.25) is 0 Å². The maximum atomic E-state index is 12.3. The van der Waals surface area contributed by atoms with Gasteiger partial charge in [0, 0.05) is 12.7 Å². The molecule has 2 amide bonds. The lowest BCUT2D eigenvalue weighted by atomic mass is 10.1. The molecule has 0 bridgehead atoms. The lowest BCUT2D eigenvalue weighted by Gasteiger charge is -2.20. The second kappa shape index (κ2) is 6.76. The minimum absolute atomic E-state index is 0.333. The monoisotopic (exact) mass is 298 g/mol. The number of nitrogens with zero attached hydrogens (tertiary/aromatic N) is 1. The highest BCUT2D eigenvalue weighted by molar-refractivity contribution is 6.06. The van der Waals surface area contributed by atoms with Gasteiger partial charge < -0.3 is 10.1 Å². The Balaban J connectivity index is 2.20. The summed E-state index contributed by atoms with van der Waals surface area (Å²) >= 11 is 0. The lowest BCUT2D eigenvalue weighted by Crippen LogP contribution is -2.32. The van der Waals surface area contributed by atoms with Crippen molar-refractivity contribution in [1.82, 2.24) is 0 Å². The number of anilines is 2. The van der Waals surface area contributed by atoms with Gasteiger partial charge in [0.05, 0.1) is 18.4 Å². The Morgan fingerprint density at radius 3 is 2.32 bits per heavy atom. The van der Waals surface area contributed by atoms with Gasteiger partial charge in [0.1, 0.15) is 0 Å². The summed E-state index contributed by atoms with van der Waals surface area (Å²) in [6.45, 7) is 1.98. The third kappa shape index (κ3) is 3.44. The maximum absolute atomic E-state index is 12.3. The number of nitrogens with one attached hydrogen (secondary N) is 1. The highest BCUT2D eigenvalue weighted by atomic mass is 16.5. The second-order valence-corrected chi connectivity index (χ2v) is 4.86. The van der Waals surface area contributed by atoms with Crippen molar-refractivity contribution >= 4 is 23.4 Å². The van der Waals surface area contributed by atoms with E-state index in [1.807, 2.05) is 31.2 Å². The fourth-order valence-corrected chi connectivity index (χ4v) is 2.00. The van der Waals surface area contributed by atoms with E-state index in [1.165, 1.54) is 12.0 Å². The molecule has 5 nitrogen and oxygen atoms in total. The average molecular weight is 298 g/mol. The zero-order chi connectivity index (χ0) is 16.1. The third-order valence-corrected chi connectivity index (χ3v) is 3.28. The first-order valence-corrected chi connectivity index (χ1v) is 6.81. The molecular weight excluding hydrogens is 280 g/mol. The number of urea groups is 1. The van der Waals surface area contributed by atoms with Gasteiger partial charge in [-0.15, -0.1) is 0 Å². The number of hydrogen-bond acceptors (Lipinski definition) is 3. The van der Waals surface area contributed by atoms with Crippen LogP contribution in [0.25, 0.3) is 0 Å². The molecule has 0 aromatic heterocycles. The SMILES string of the molecule is COC(=O)c1ccccc1N(C)C(=O)Nc1ccc(C)cc1. The van der Waals surface area contributed by atoms with Crippen molar-refractivity contribution in [3.63, 3.8) is 0 Å². The number of esters is 1. The number of para-hydroxylation sites is 1. The molecule has 0 radical (unpaired) electrons. The molecule has 0 aliphatic carbocycles. The lowest BCUT2D eigenvalue weighted by molar-refractivity contribution is 0.0601. The molecule has 114 valence electrons. The van der Waals surface area contributed by atoms with Crippen LogP contribution in [0.3, 0.4) is 0 Å². The van der Waals surface area contributed by atoms with E-state index in [1.54, 1.807) is 31.3 Å². The third-order valence-electron chi connectivity index (χ3n) is 3.28. The predicted molar refractivity (Wildman–Crippen MR) is 86.4 cm³/mol. The van der Waals surface area contributed by atoms with Crippen molar-refractivity contribution in [3.05, 3.63) is 59.7 Å². The van der Waals surface area contributed by atoms with E-state index >= 15 is 0 Å². The molecule has 2 aromatic rings. The first kappa shape index (κ1) is 15.6. The average Bonchev–Trinajstić information content (AvgIpc) is 2.55. The number of rotatable bonds is 3. The van der Waals surface area contributed by atoms with Crippen LogP contribution in [-0.2, 0) is 4.74 Å². The number of hydrogen-bond donors (Lipinski definition) is 1. The summed E-state index contributed by atoms with van der Waals surface area (Å²) in [5.41, 5.74) is 2.63. The minimum atomic E-state index is -0.481. The number of methoxy groups -OCH3 is 1. The highest BCUT2D eigenvalue weighted by Crippen LogP contribution is 2.21. The summed E-state index contributed by atoms with van der Waals surface area (Å²) in [6.07, 6.45) is 0. The predicted octanol–water partition coefficient (Wildman–Crippen LogP) is 3.45. The van der Waals surface area contributed by atoms with Gasteiger partial charge in [-0.2, -0.15) is 0 Å². The van der Waals surface area contributed by atoms with Crippen LogP contribution in [0.1, 0.15) is 15.9 Å². The van der Waals surface area contributed by atoms with Gasteiger partial charge in [-0.1, -0.05) is 29.8 Å². The molecule has 0 aliphatic rings. The van der Waals surface area contributed by atoms with Crippen LogP contribution in [0, 0.1) is 6.92 Å². The largest absolute Gasteiger partial charge is 0.465 e. The van der Waals surface area contributed by atoms with E-state index in [4.69, 9.17) is 4.74 Å². The van der Waals surface area contributed by atoms with Gasteiger partial charge in [0.25, 0.3) is 0 Å². The summed E-state index contributed by atoms with van der Waals surface area (Å²) in [7, 11) is 2.91. The Morgan fingerprint density at radius 1 is 1.05 bits per heavy atom. The number of amides is 2. The van der Waals surface area contributed by atoms with Gasteiger partial charge in [0.2, 0.25) is 0 Å². The summed E-state index contributed by atoms with van der Waals surface area (Å²) in [5.74, 6) is -0.481. The van der Waals surface area contributed by atoms with Crippen LogP contribution in [0.4, 0.5) is 16.2 Å². The maximum Gasteiger partial charge on any atom is 0.339 e. The Hall–Kier alpha value is -2.82. The summed E-state index contributed by atoms with van der Waals surface area (Å²) in [6, 6.07) is 14.0. The first-order chi connectivity index (χ1) is 10.5. The second-order valence-electron chi connectivity index (χ2n) is 4.86. The number of carbonyl (C=O) groups is 2. The fraction of sp³-hybridized carbons (Fsp3) is 0.176. The van der Waals surface area contributed by atoms with Crippen LogP contribution >= 0.6 is 0 Å². The summed E-state index contributed by atoms with van der Waals surface area (Å²) in [5, 5.41) is 2.79. The quantitative estimate of drug-likeness (QED) is 0.883. The van der Waals surface area contributed by atoms with E-state index in [2.05, 4.69) is 5.32 Å². The van der Waals surface area contributed by atoms with Crippen LogP contribution in [0.5, 0.6) is 0 Å². The molecule has 0 heterocycles. The van der Waals surface area contributed by atoms with Gasteiger partial charge in [-0.25, -0.2) is 9.59 Å². The van der Waals surface area contributed by atoms with Gasteiger partial charge >= 0.3 is 12.0 Å². The zero-order valence-electron chi connectivity index (χ0n) is 12.8. The van der Waals surface area contributed by atoms with Crippen molar-refractivity contribution in [2.24, 2.45) is 0 Å². The standard InChI is InChI=1S/C17H18N2O3/c1-12-8-10-13(11-9-12)18-17(21)19(2)15-7-5-4-6-14(15)16(20)22-3/h4-11H,1-3H3,(H,18,21). The van der Waals surface area contributed by atoms with Crippen molar-refractivity contribution < 1.29 is 14.3 Å². The summed E-state index contributed by atoms with van der Waals surface area (Å²) in [4.78, 5) is 25.5. The molecule has 0 unspecified atom stereocenters. The summed E-state index contributed by atoms with van der Waals surface area (Å²) < 4.78 is 4.74. The molecule has 0 atom stereocenters. The van der Waals surface area contributed by atoms with Gasteiger partial charge in [-0.05, 0) is 31.2 Å². The Bertz CT molecular complexity index is 681. The molecule has 0 aliphatic heterocycles. The van der Waals surface area contributed by atoms with E-state index < -0.39 is 5.97 Å². The van der Waals surface area contributed by atoms with E-state index in [0.717, 1.165) is 5.56 Å². The van der Waals surface area contributed by atoms with E-state index in [9.17, 15) is 9.59 Å². The highest BCUT2D eigenvalue weighted by Gasteiger charge is 2.18. The molecule has 2 rings (SSSR count). The van der Waals surface area contributed by atoms with Gasteiger partial charge in [0.15, 0.2) is 0 Å². The normalized spacial score (nSPS) is 9.95. The van der Waals surface area contributed by atoms with E-state index in [0.29, 0.717) is 16.9 Å². The number of aryl methyl sites for hydroxylation is 1. The zero-order valence-corrected chi connectivity index (χ0v) is 12.8. The molecule has 0 fully saturated rings. The smallest absolute Gasteiger partial charge is 0.339 e. The minimum Gasteiger partial charge on any atom is -0.465 e. The molecule has 1 N–H and O–H groups in total. The molecule has 0 saturated carbocycles. The number of ether oxygens (including phenoxy) is 1. The molecule has 2 aromatic carbocycles. The first-order valence-electron chi connectivity index (χ1n) is 6.81. The van der Waals surface area contributed by atoms with Crippen molar-refractivity contribution in [2.75, 3.05) is 24.4 Å². The Kier molecular flexibility index (Phi) is 4.78. The molecule has 0 saturated heterocycles. The van der Waals surface area contributed by atoms with Crippen molar-refractivity contribution in [3.8, 4) is 0 Å². The van der Waals surface area contributed by atoms with Crippen molar-refractivity contribution in [2.45, 2.75) is 6.92 Å². The fourth-order valence-electron chi connectivity index (χ4n) is 2.00. The van der Waals surface area contributed by atoms with E-state index in [-0.39, 0.29) is 6.03 Å². The van der Waals surface area contributed by atoms with Crippen LogP contribution < -0.4 is 10.2 Å². The van der Waals surface area contributed by atoms with Crippen LogP contribution in [0.15, 0.2) is 48.5 Å². The molecule has 22 heavy (non-hydrogen) atoms. The van der Waals surface area contributed by atoms with Crippen molar-refractivity contribution in [1.29, 1.82) is 0 Å². The molecular formula is C17H18N2O3. The Labute approximate surface area is 129 Å². The number of benzene rings is 2. The number of carbonyl (C=O) groups excluding carboxylic acids is 2. The molecule has 0 spiro atoms. The van der Waals surface area contributed by atoms with Gasteiger partial charge in [-0.3, -0.25) is 4.90 Å². The van der Waals surface area contributed by atoms with Crippen LogP contribution in [-0.4, -0.2) is 26.2 Å². The molecule has 5 heteroatoms.